The van der Waals surface area contributed by atoms with Crippen LogP contribution in [0.1, 0.15) is 26.5 Å². The molecule has 7 heteroatoms. The molecule has 0 spiro atoms. The van der Waals surface area contributed by atoms with E-state index in [0.717, 1.165) is 57.5 Å². The summed E-state index contributed by atoms with van der Waals surface area (Å²) in [6.07, 6.45) is 2.48. The van der Waals surface area contributed by atoms with Gasteiger partial charge in [-0.3, -0.25) is 9.89 Å². The van der Waals surface area contributed by atoms with Crippen LogP contribution in [-0.2, 0) is 11.2 Å². The normalized spacial score (nSPS) is 18.7. The first-order valence-electron chi connectivity index (χ1n) is 9.52. The molecule has 1 aromatic heterocycles. The second-order valence-corrected chi connectivity index (χ2v) is 7.58. The van der Waals surface area contributed by atoms with E-state index in [1.807, 2.05) is 19.1 Å². The first-order chi connectivity index (χ1) is 12.4. The number of nitrogens with one attached hydrogen (secondary N) is 2. The lowest BCUT2D eigenvalue weighted by atomic mass is 10.1. The molecule has 0 aromatic carbocycles. The number of nitrogens with zero attached hydrogens (tertiary/aromatic N) is 2. The Morgan fingerprint density at radius 1 is 1.35 bits per heavy atom. The summed E-state index contributed by atoms with van der Waals surface area (Å²) in [4.78, 5) is 6.83. The topological polar surface area (TPSA) is 82.3 Å². The van der Waals surface area contributed by atoms with Gasteiger partial charge in [0.05, 0.1) is 31.6 Å². The zero-order chi connectivity index (χ0) is 18.8. The van der Waals surface area contributed by atoms with Gasteiger partial charge in [-0.05, 0) is 25.0 Å². The van der Waals surface area contributed by atoms with Gasteiger partial charge in [-0.15, -0.1) is 0 Å². The zero-order valence-electron chi connectivity index (χ0n) is 16.3. The predicted octanol–water partition coefficient (Wildman–Crippen LogP) is 1.10. The minimum absolute atomic E-state index is 0.346. The average molecular weight is 367 g/mol. The SMILES string of the molecule is CC(C)CNC(=NCC(C)(O)CN1CCOCC1)NCCc1ccco1. The lowest BCUT2D eigenvalue weighted by Gasteiger charge is -2.33. The molecule has 148 valence electrons. The van der Waals surface area contributed by atoms with Crippen LogP contribution in [0.2, 0.25) is 0 Å². The highest BCUT2D eigenvalue weighted by atomic mass is 16.5. The van der Waals surface area contributed by atoms with E-state index in [-0.39, 0.29) is 0 Å². The Kier molecular flexibility index (Phi) is 8.41. The number of aliphatic hydroxyl groups is 1. The molecular weight excluding hydrogens is 332 g/mol. The monoisotopic (exact) mass is 366 g/mol. The van der Waals surface area contributed by atoms with Crippen LogP contribution < -0.4 is 10.6 Å². The number of guanidine groups is 1. The van der Waals surface area contributed by atoms with E-state index in [1.54, 1.807) is 6.26 Å². The number of aliphatic imine (C=N–C) groups is 1. The zero-order valence-corrected chi connectivity index (χ0v) is 16.3. The smallest absolute Gasteiger partial charge is 0.191 e. The third-order valence-electron chi connectivity index (χ3n) is 4.17. The van der Waals surface area contributed by atoms with Crippen molar-refractivity contribution in [3.05, 3.63) is 24.2 Å². The molecular formula is C19H34N4O3. The Morgan fingerprint density at radius 3 is 2.77 bits per heavy atom. The number of furan rings is 1. The van der Waals surface area contributed by atoms with Crippen LogP contribution in [0, 0.1) is 5.92 Å². The molecule has 2 heterocycles. The van der Waals surface area contributed by atoms with E-state index in [2.05, 4.69) is 34.4 Å². The quantitative estimate of drug-likeness (QED) is 0.448. The van der Waals surface area contributed by atoms with Crippen LogP contribution in [0.4, 0.5) is 0 Å². The maximum atomic E-state index is 10.7. The van der Waals surface area contributed by atoms with Crippen molar-refractivity contribution < 1.29 is 14.3 Å². The van der Waals surface area contributed by atoms with Crippen LogP contribution in [0.5, 0.6) is 0 Å². The standard InChI is InChI=1S/C19H34N4O3/c1-16(2)13-21-18(20-7-6-17-5-4-10-26-17)22-14-19(3,24)15-23-8-11-25-12-9-23/h4-5,10,16,24H,6-9,11-15H2,1-3H3,(H2,20,21,22). The Morgan fingerprint density at radius 2 is 2.12 bits per heavy atom. The van der Waals surface area contributed by atoms with Crippen molar-refractivity contribution in [2.24, 2.45) is 10.9 Å². The minimum Gasteiger partial charge on any atom is -0.469 e. The molecule has 2 rings (SSSR count). The van der Waals surface area contributed by atoms with Crippen molar-refractivity contribution in [2.75, 3.05) is 52.5 Å². The number of β-amino-alcohol motifs (C(OH)–C–C–N with tert-alkyl or cyclic N) is 1. The van der Waals surface area contributed by atoms with Gasteiger partial charge in [0.2, 0.25) is 0 Å². The molecule has 0 radical (unpaired) electrons. The predicted molar refractivity (Wildman–Crippen MR) is 103 cm³/mol. The van der Waals surface area contributed by atoms with Crippen LogP contribution in [-0.4, -0.2) is 74.0 Å². The first kappa shape index (κ1) is 20.7. The summed E-state index contributed by atoms with van der Waals surface area (Å²) in [5.74, 6) is 2.19. The molecule has 1 atom stereocenters. The summed E-state index contributed by atoms with van der Waals surface area (Å²) in [5.41, 5.74) is -0.870. The van der Waals surface area contributed by atoms with Gasteiger partial charge in [0, 0.05) is 39.1 Å². The van der Waals surface area contributed by atoms with Crippen molar-refractivity contribution in [1.29, 1.82) is 0 Å². The van der Waals surface area contributed by atoms with Gasteiger partial charge in [0.25, 0.3) is 0 Å². The van der Waals surface area contributed by atoms with Crippen molar-refractivity contribution in [3.63, 3.8) is 0 Å². The van der Waals surface area contributed by atoms with Gasteiger partial charge in [-0.2, -0.15) is 0 Å². The van der Waals surface area contributed by atoms with E-state index >= 15 is 0 Å². The van der Waals surface area contributed by atoms with E-state index in [4.69, 9.17) is 9.15 Å². The molecule has 1 aliphatic rings. The minimum atomic E-state index is -0.870. The molecule has 0 amide bonds. The third-order valence-corrected chi connectivity index (χ3v) is 4.17. The van der Waals surface area contributed by atoms with E-state index in [9.17, 15) is 5.11 Å². The van der Waals surface area contributed by atoms with Gasteiger partial charge in [-0.25, -0.2) is 0 Å². The van der Waals surface area contributed by atoms with E-state index in [0.29, 0.717) is 19.0 Å². The second-order valence-electron chi connectivity index (χ2n) is 7.58. The van der Waals surface area contributed by atoms with Crippen molar-refractivity contribution in [2.45, 2.75) is 32.8 Å². The maximum Gasteiger partial charge on any atom is 0.191 e. The molecule has 0 saturated carbocycles. The van der Waals surface area contributed by atoms with Crippen LogP contribution in [0.25, 0.3) is 0 Å². The van der Waals surface area contributed by atoms with Crippen molar-refractivity contribution >= 4 is 5.96 Å². The molecule has 3 N–H and O–H groups in total. The summed E-state index contributed by atoms with van der Waals surface area (Å²) in [6.45, 7) is 11.8. The first-order valence-corrected chi connectivity index (χ1v) is 9.52. The Hall–Kier alpha value is -1.57. The molecule has 7 nitrogen and oxygen atoms in total. The average Bonchev–Trinajstić information content (AvgIpc) is 3.10. The van der Waals surface area contributed by atoms with Gasteiger partial charge in [0.1, 0.15) is 5.76 Å². The molecule has 1 aromatic rings. The van der Waals surface area contributed by atoms with Gasteiger partial charge in [-0.1, -0.05) is 13.8 Å². The lowest BCUT2D eigenvalue weighted by Crippen LogP contribution is -2.48. The summed E-state index contributed by atoms with van der Waals surface area (Å²) < 4.78 is 10.7. The molecule has 1 unspecified atom stereocenters. The number of rotatable bonds is 9. The fraction of sp³-hybridized carbons (Fsp3) is 0.737. The van der Waals surface area contributed by atoms with Crippen molar-refractivity contribution in [1.82, 2.24) is 15.5 Å². The van der Waals surface area contributed by atoms with Gasteiger partial charge < -0.3 is 24.9 Å². The fourth-order valence-electron chi connectivity index (χ4n) is 2.77. The van der Waals surface area contributed by atoms with E-state index < -0.39 is 5.60 Å². The van der Waals surface area contributed by atoms with Crippen molar-refractivity contribution in [3.8, 4) is 0 Å². The molecule has 1 saturated heterocycles. The summed E-state index contributed by atoms with van der Waals surface area (Å²) in [7, 11) is 0. The molecule has 1 aliphatic heterocycles. The summed E-state index contributed by atoms with van der Waals surface area (Å²) in [6, 6.07) is 3.86. The third kappa shape index (κ3) is 8.21. The molecule has 0 aliphatic carbocycles. The number of hydrogen-bond acceptors (Lipinski definition) is 5. The Bertz CT molecular complexity index is 523. The highest BCUT2D eigenvalue weighted by Gasteiger charge is 2.25. The van der Waals surface area contributed by atoms with E-state index in [1.165, 1.54) is 0 Å². The van der Waals surface area contributed by atoms with Crippen LogP contribution >= 0.6 is 0 Å². The lowest BCUT2D eigenvalue weighted by molar-refractivity contribution is -0.0180. The number of hydrogen-bond donors (Lipinski definition) is 3. The number of morpholine rings is 1. The molecule has 1 fully saturated rings. The number of ether oxygens (including phenoxy) is 1. The van der Waals surface area contributed by atoms with Gasteiger partial charge >= 0.3 is 0 Å². The fourth-order valence-corrected chi connectivity index (χ4v) is 2.77. The summed E-state index contributed by atoms with van der Waals surface area (Å²) >= 11 is 0. The Balaban J connectivity index is 1.84. The molecule has 26 heavy (non-hydrogen) atoms. The van der Waals surface area contributed by atoms with Crippen LogP contribution in [0.15, 0.2) is 27.8 Å². The maximum absolute atomic E-state index is 10.7. The highest BCUT2D eigenvalue weighted by Crippen LogP contribution is 2.09. The largest absolute Gasteiger partial charge is 0.469 e. The second kappa shape index (κ2) is 10.5. The Labute approximate surface area is 156 Å². The van der Waals surface area contributed by atoms with Gasteiger partial charge in [0.15, 0.2) is 5.96 Å². The van der Waals surface area contributed by atoms with Crippen LogP contribution in [0.3, 0.4) is 0 Å². The highest BCUT2D eigenvalue weighted by molar-refractivity contribution is 5.79. The summed E-state index contributed by atoms with van der Waals surface area (Å²) in [5, 5.41) is 17.4. The molecule has 0 bridgehead atoms.